The molecule has 0 aliphatic carbocycles. The Morgan fingerprint density at radius 2 is 1.68 bits per heavy atom. The van der Waals surface area contributed by atoms with Gasteiger partial charge in [-0.25, -0.2) is 0 Å². The maximum Gasteiger partial charge on any atom is 0.573 e. The van der Waals surface area contributed by atoms with Crippen molar-refractivity contribution in [1.82, 2.24) is 5.32 Å². The fourth-order valence-corrected chi connectivity index (χ4v) is 4.30. The van der Waals surface area contributed by atoms with E-state index in [0.717, 1.165) is 12.1 Å². The fourth-order valence-electron chi connectivity index (χ4n) is 4.30. The van der Waals surface area contributed by atoms with Crippen molar-refractivity contribution in [3.05, 3.63) is 72.3 Å². The van der Waals surface area contributed by atoms with Gasteiger partial charge >= 0.3 is 18.9 Å². The molecule has 3 aromatic carbocycles. The van der Waals surface area contributed by atoms with E-state index in [9.17, 15) is 35.5 Å². The summed E-state index contributed by atoms with van der Waals surface area (Å²) in [6, 6.07) is 15.0. The van der Waals surface area contributed by atoms with Crippen molar-refractivity contribution in [3.8, 4) is 28.4 Å². The summed E-state index contributed by atoms with van der Waals surface area (Å²) in [6.45, 7) is 1.70. The molecule has 1 unspecified atom stereocenters. The van der Waals surface area contributed by atoms with Crippen LogP contribution in [0.3, 0.4) is 0 Å². The number of alkyl halides is 7. The molecule has 1 aliphatic heterocycles. The van der Waals surface area contributed by atoms with Crippen LogP contribution in [0.15, 0.2) is 66.7 Å². The molecule has 0 fully saturated rings. The smallest absolute Gasteiger partial charge is 0.488 e. The Morgan fingerprint density at radius 1 is 1.00 bits per heavy atom. The van der Waals surface area contributed by atoms with Crippen LogP contribution < -0.4 is 24.4 Å². The SMILES string of the molecule is CC(=O)NCCN1c2cccc(-c3cccc(OC(F)(F)F)c3)c2OCC1c1cccc(OC(F)(F)C(F)F)c1. The third kappa shape index (κ3) is 6.88. The van der Waals surface area contributed by atoms with E-state index in [1.54, 1.807) is 30.3 Å². The summed E-state index contributed by atoms with van der Waals surface area (Å²) >= 11 is 0. The second-order valence-electron chi connectivity index (χ2n) is 8.77. The average Bonchev–Trinajstić information content (AvgIpc) is 2.87. The number of halogens is 7. The molecule has 1 aliphatic rings. The number of rotatable bonds is 9. The minimum Gasteiger partial charge on any atom is -0.488 e. The second-order valence-corrected chi connectivity index (χ2v) is 8.77. The van der Waals surface area contributed by atoms with Gasteiger partial charge in [-0.1, -0.05) is 36.4 Å². The number of para-hydroxylation sites is 1. The summed E-state index contributed by atoms with van der Waals surface area (Å²) in [6.07, 6.45) is -13.6. The number of nitrogens with zero attached hydrogens (tertiary/aromatic N) is 1. The summed E-state index contributed by atoms with van der Waals surface area (Å²) in [5.74, 6) is -0.853. The number of benzene rings is 3. The van der Waals surface area contributed by atoms with Crippen LogP contribution in [0.5, 0.6) is 17.2 Å². The van der Waals surface area contributed by atoms with Crippen molar-refractivity contribution >= 4 is 11.6 Å². The van der Waals surface area contributed by atoms with Crippen molar-refractivity contribution in [2.24, 2.45) is 0 Å². The molecule has 6 nitrogen and oxygen atoms in total. The van der Waals surface area contributed by atoms with Crippen molar-refractivity contribution in [3.63, 3.8) is 0 Å². The molecule has 0 radical (unpaired) electrons. The van der Waals surface area contributed by atoms with Gasteiger partial charge in [0.15, 0.2) is 5.75 Å². The van der Waals surface area contributed by atoms with Crippen molar-refractivity contribution in [1.29, 1.82) is 0 Å². The zero-order valence-electron chi connectivity index (χ0n) is 20.9. The van der Waals surface area contributed by atoms with Crippen LogP contribution in [-0.2, 0) is 4.79 Å². The summed E-state index contributed by atoms with van der Waals surface area (Å²) in [4.78, 5) is 13.3. The molecule has 214 valence electrons. The van der Waals surface area contributed by atoms with Gasteiger partial charge in [0.05, 0.1) is 11.7 Å². The molecule has 13 heteroatoms. The summed E-state index contributed by atoms with van der Waals surface area (Å²) in [5.41, 5.74) is 1.75. The number of carbonyl (C=O) groups excluding carboxylic acids is 1. The van der Waals surface area contributed by atoms with Gasteiger partial charge in [0.25, 0.3) is 0 Å². The Balaban J connectivity index is 1.71. The number of nitrogens with one attached hydrogen (secondary N) is 1. The highest BCUT2D eigenvalue weighted by Gasteiger charge is 2.44. The monoisotopic (exact) mass is 572 g/mol. The molecule has 3 aromatic rings. The number of hydrogen-bond acceptors (Lipinski definition) is 5. The third-order valence-electron chi connectivity index (χ3n) is 5.92. The van der Waals surface area contributed by atoms with Crippen molar-refractivity contribution < 1.29 is 49.7 Å². The van der Waals surface area contributed by atoms with Gasteiger partial charge in [0.2, 0.25) is 5.91 Å². The van der Waals surface area contributed by atoms with Crippen LogP contribution in [0.1, 0.15) is 18.5 Å². The lowest BCUT2D eigenvalue weighted by atomic mass is 9.98. The normalized spacial score (nSPS) is 15.3. The molecular formula is C27H23F7N2O4. The highest BCUT2D eigenvalue weighted by Crippen LogP contribution is 2.46. The van der Waals surface area contributed by atoms with Crippen molar-refractivity contribution in [2.45, 2.75) is 31.9 Å². The lowest BCUT2D eigenvalue weighted by Crippen LogP contribution is -2.41. The summed E-state index contributed by atoms with van der Waals surface area (Å²) in [7, 11) is 0. The van der Waals surface area contributed by atoms with E-state index in [1.807, 2.05) is 4.90 Å². The topological polar surface area (TPSA) is 60.0 Å². The average molecular weight is 572 g/mol. The van der Waals surface area contributed by atoms with E-state index in [0.29, 0.717) is 28.1 Å². The largest absolute Gasteiger partial charge is 0.573 e. The quantitative estimate of drug-likeness (QED) is 0.294. The molecule has 0 saturated carbocycles. The van der Waals surface area contributed by atoms with Gasteiger partial charge < -0.3 is 24.4 Å². The van der Waals surface area contributed by atoms with E-state index < -0.39 is 36.4 Å². The van der Waals surface area contributed by atoms with Gasteiger partial charge in [-0.2, -0.15) is 17.6 Å². The summed E-state index contributed by atoms with van der Waals surface area (Å²) in [5, 5.41) is 2.67. The van der Waals surface area contributed by atoms with Crippen LogP contribution in [-0.4, -0.2) is 44.5 Å². The second kappa shape index (κ2) is 11.5. The van der Waals surface area contributed by atoms with Gasteiger partial charge in [0.1, 0.15) is 18.1 Å². The zero-order chi connectivity index (χ0) is 29.1. The van der Waals surface area contributed by atoms with Gasteiger partial charge in [-0.15, -0.1) is 13.2 Å². The molecule has 1 amide bonds. The Morgan fingerprint density at radius 3 is 2.35 bits per heavy atom. The number of amides is 1. The molecule has 4 rings (SSSR count). The first kappa shape index (κ1) is 28.8. The zero-order valence-corrected chi connectivity index (χ0v) is 20.9. The van der Waals surface area contributed by atoms with Crippen LogP contribution in [0.25, 0.3) is 11.1 Å². The minimum atomic E-state index is -4.88. The fraction of sp³-hybridized carbons (Fsp3) is 0.296. The molecule has 1 N–H and O–H groups in total. The van der Waals surface area contributed by atoms with E-state index in [2.05, 4.69) is 14.8 Å². The number of fused-ring (bicyclic) bond motifs is 1. The van der Waals surface area contributed by atoms with Crippen molar-refractivity contribution in [2.75, 3.05) is 24.6 Å². The van der Waals surface area contributed by atoms with Crippen LogP contribution in [0.4, 0.5) is 36.4 Å². The number of hydrogen-bond donors (Lipinski definition) is 1. The number of carbonyl (C=O) groups is 1. The minimum absolute atomic E-state index is 0.0441. The molecule has 1 atom stereocenters. The predicted octanol–water partition coefficient (Wildman–Crippen LogP) is 6.57. The van der Waals surface area contributed by atoms with Crippen LogP contribution in [0.2, 0.25) is 0 Å². The lowest BCUT2D eigenvalue weighted by Gasteiger charge is -2.40. The standard InChI is InChI=1S/C27H23F7N2O4/c1-16(37)35-11-12-36-22-10-4-9-21(17-5-2-8-20(13-17)40-27(32,33)34)24(22)38-15-23(36)18-6-3-7-19(14-18)39-26(30,31)25(28)29/h2-10,13-14,23,25H,11-12,15H2,1H3,(H,35,37). The first-order valence-corrected chi connectivity index (χ1v) is 11.9. The highest BCUT2D eigenvalue weighted by atomic mass is 19.4. The van der Waals surface area contributed by atoms with E-state index in [-0.39, 0.29) is 25.6 Å². The van der Waals surface area contributed by atoms with E-state index >= 15 is 0 Å². The Bertz CT molecular complexity index is 1350. The van der Waals surface area contributed by atoms with E-state index in [4.69, 9.17) is 4.74 Å². The van der Waals surface area contributed by atoms with Crippen LogP contribution >= 0.6 is 0 Å². The predicted molar refractivity (Wildman–Crippen MR) is 131 cm³/mol. The third-order valence-corrected chi connectivity index (χ3v) is 5.92. The Labute approximate surface area is 224 Å². The first-order valence-electron chi connectivity index (χ1n) is 11.9. The van der Waals surface area contributed by atoms with Gasteiger partial charge in [0, 0.05) is 25.6 Å². The summed E-state index contributed by atoms with van der Waals surface area (Å²) < 4.78 is 105. The molecule has 0 spiro atoms. The first-order chi connectivity index (χ1) is 18.8. The maximum absolute atomic E-state index is 13.5. The van der Waals surface area contributed by atoms with Gasteiger partial charge in [-0.05, 0) is 41.5 Å². The number of anilines is 1. The molecule has 1 heterocycles. The molecule has 0 aromatic heterocycles. The maximum atomic E-state index is 13.5. The number of ether oxygens (including phenoxy) is 3. The molecular weight excluding hydrogens is 549 g/mol. The van der Waals surface area contributed by atoms with Gasteiger partial charge in [-0.3, -0.25) is 4.79 Å². The van der Waals surface area contributed by atoms with E-state index in [1.165, 1.54) is 31.2 Å². The molecule has 40 heavy (non-hydrogen) atoms. The molecule has 0 bridgehead atoms. The molecule has 0 saturated heterocycles. The lowest BCUT2D eigenvalue weighted by molar-refractivity contribution is -0.274. The Kier molecular flexibility index (Phi) is 8.31. The Hall–Kier alpha value is -4.16. The highest BCUT2D eigenvalue weighted by molar-refractivity contribution is 5.80. The van der Waals surface area contributed by atoms with Crippen LogP contribution in [0, 0.1) is 0 Å².